The fraction of sp³-hybridized carbons (Fsp3) is 0.389. The Labute approximate surface area is 174 Å². The monoisotopic (exact) mass is 495 g/mol. The van der Waals surface area contributed by atoms with Gasteiger partial charge in [0, 0.05) is 36.0 Å². The highest BCUT2D eigenvalue weighted by Gasteiger charge is 2.22. The third-order valence-corrected chi connectivity index (χ3v) is 4.98. The molecule has 0 amide bonds. The number of ether oxygens (including phenoxy) is 1. The van der Waals surface area contributed by atoms with Crippen molar-refractivity contribution in [1.82, 2.24) is 10.6 Å². The Morgan fingerprint density at radius 3 is 2.54 bits per heavy atom. The van der Waals surface area contributed by atoms with Crippen molar-refractivity contribution in [3.63, 3.8) is 0 Å². The van der Waals surface area contributed by atoms with E-state index in [1.54, 1.807) is 36.6 Å². The molecule has 1 aromatic heterocycles. The molecule has 0 atom stereocenters. The summed E-state index contributed by atoms with van der Waals surface area (Å²) in [5.41, 5.74) is 0.603. The number of aliphatic imine (C=N–C) groups is 1. The predicted molar refractivity (Wildman–Crippen MR) is 114 cm³/mol. The van der Waals surface area contributed by atoms with Gasteiger partial charge in [0.25, 0.3) is 0 Å². The number of alkyl halides is 2. The largest absolute Gasteiger partial charge is 0.434 e. The second kappa shape index (κ2) is 10.7. The second-order valence-corrected chi connectivity index (χ2v) is 7.07. The first-order valence-electron chi connectivity index (χ1n) is 7.93. The molecule has 0 aliphatic rings. The van der Waals surface area contributed by atoms with E-state index in [0.29, 0.717) is 24.6 Å². The molecular formula is C18H24F2IN3OS. The van der Waals surface area contributed by atoms with Crippen LogP contribution in [0.2, 0.25) is 0 Å². The van der Waals surface area contributed by atoms with Gasteiger partial charge >= 0.3 is 6.61 Å². The van der Waals surface area contributed by atoms with Gasteiger partial charge in [0.15, 0.2) is 5.96 Å². The molecule has 4 nitrogen and oxygen atoms in total. The minimum atomic E-state index is -2.84. The summed E-state index contributed by atoms with van der Waals surface area (Å²) >= 11 is 1.72. The molecule has 0 aliphatic heterocycles. The number of hydrogen-bond donors (Lipinski definition) is 2. The number of para-hydroxylation sites is 1. The van der Waals surface area contributed by atoms with Gasteiger partial charge in [-0.1, -0.05) is 38.1 Å². The van der Waals surface area contributed by atoms with Crippen molar-refractivity contribution in [3.8, 4) is 5.75 Å². The second-order valence-electron chi connectivity index (χ2n) is 6.13. The van der Waals surface area contributed by atoms with Gasteiger partial charge in [-0.25, -0.2) is 0 Å². The van der Waals surface area contributed by atoms with E-state index in [0.717, 1.165) is 0 Å². The van der Waals surface area contributed by atoms with Crippen LogP contribution in [0.5, 0.6) is 5.75 Å². The van der Waals surface area contributed by atoms with Gasteiger partial charge in [-0.05, 0) is 17.5 Å². The molecule has 0 fully saturated rings. The minimum absolute atomic E-state index is 0. The molecule has 8 heteroatoms. The number of rotatable bonds is 7. The topological polar surface area (TPSA) is 45.7 Å². The molecule has 0 spiro atoms. The van der Waals surface area contributed by atoms with E-state index in [-0.39, 0.29) is 35.1 Å². The summed E-state index contributed by atoms with van der Waals surface area (Å²) in [6.07, 6.45) is 0. The zero-order valence-electron chi connectivity index (χ0n) is 15.0. The summed E-state index contributed by atoms with van der Waals surface area (Å²) in [6, 6.07) is 10.9. The number of halogens is 3. The Balaban J connectivity index is 0.00000338. The predicted octanol–water partition coefficient (Wildman–Crippen LogP) is 4.61. The Morgan fingerprint density at radius 1 is 1.19 bits per heavy atom. The number of nitrogens with one attached hydrogen (secondary N) is 2. The van der Waals surface area contributed by atoms with Crippen molar-refractivity contribution < 1.29 is 13.5 Å². The molecule has 1 aromatic carbocycles. The first-order valence-corrected chi connectivity index (χ1v) is 8.81. The van der Waals surface area contributed by atoms with E-state index in [2.05, 4.69) is 45.7 Å². The third kappa shape index (κ3) is 6.71. The molecule has 26 heavy (non-hydrogen) atoms. The normalized spacial score (nSPS) is 11.8. The fourth-order valence-corrected chi connectivity index (χ4v) is 3.17. The molecule has 0 saturated carbocycles. The van der Waals surface area contributed by atoms with Crippen LogP contribution >= 0.6 is 35.3 Å². The van der Waals surface area contributed by atoms with Crippen LogP contribution in [0.15, 0.2) is 46.8 Å². The highest BCUT2D eigenvalue weighted by molar-refractivity contribution is 14.0. The lowest BCUT2D eigenvalue weighted by Gasteiger charge is -2.25. The number of nitrogens with zero attached hydrogens (tertiary/aromatic N) is 1. The van der Waals surface area contributed by atoms with Gasteiger partial charge in [0.2, 0.25) is 0 Å². The number of benzene rings is 1. The van der Waals surface area contributed by atoms with Gasteiger partial charge in [0.1, 0.15) is 5.75 Å². The Bertz CT molecular complexity index is 694. The van der Waals surface area contributed by atoms with Crippen molar-refractivity contribution in [2.45, 2.75) is 32.4 Å². The van der Waals surface area contributed by atoms with Gasteiger partial charge in [0.05, 0.1) is 0 Å². The summed E-state index contributed by atoms with van der Waals surface area (Å²) in [6.45, 7) is 2.50. The molecule has 0 aliphatic carbocycles. The minimum Gasteiger partial charge on any atom is -0.434 e. The average Bonchev–Trinajstić information content (AvgIpc) is 3.11. The lowest BCUT2D eigenvalue weighted by Crippen LogP contribution is -2.43. The summed E-state index contributed by atoms with van der Waals surface area (Å²) in [4.78, 5) is 5.47. The van der Waals surface area contributed by atoms with E-state index in [1.807, 2.05) is 6.07 Å². The highest BCUT2D eigenvalue weighted by atomic mass is 127. The Morgan fingerprint density at radius 2 is 1.92 bits per heavy atom. The molecular weight excluding hydrogens is 471 g/mol. The fourth-order valence-electron chi connectivity index (χ4n) is 2.32. The van der Waals surface area contributed by atoms with Crippen LogP contribution in [-0.2, 0) is 12.0 Å². The van der Waals surface area contributed by atoms with Crippen molar-refractivity contribution in [2.75, 3.05) is 13.6 Å². The van der Waals surface area contributed by atoms with Crippen LogP contribution in [0, 0.1) is 0 Å². The molecule has 144 valence electrons. The van der Waals surface area contributed by atoms with Crippen LogP contribution < -0.4 is 15.4 Å². The lowest BCUT2D eigenvalue weighted by atomic mass is 9.91. The molecule has 0 radical (unpaired) electrons. The van der Waals surface area contributed by atoms with E-state index < -0.39 is 6.61 Å². The Kier molecular flexibility index (Phi) is 9.28. The van der Waals surface area contributed by atoms with Gasteiger partial charge in [-0.2, -0.15) is 8.78 Å². The molecule has 0 bridgehead atoms. The number of thiophene rings is 1. The van der Waals surface area contributed by atoms with Crippen molar-refractivity contribution in [3.05, 3.63) is 52.2 Å². The summed E-state index contributed by atoms with van der Waals surface area (Å²) < 4.78 is 29.5. The SMILES string of the molecule is CN=C(NCc1ccccc1OC(F)F)NCC(C)(C)c1cccs1.I. The average molecular weight is 495 g/mol. The van der Waals surface area contributed by atoms with Crippen molar-refractivity contribution >= 4 is 41.3 Å². The third-order valence-electron chi connectivity index (χ3n) is 3.74. The molecule has 2 rings (SSSR count). The number of hydrogen-bond acceptors (Lipinski definition) is 3. The van der Waals surface area contributed by atoms with Crippen molar-refractivity contribution in [2.24, 2.45) is 4.99 Å². The summed E-state index contributed by atoms with van der Waals surface area (Å²) in [7, 11) is 1.68. The van der Waals surface area contributed by atoms with E-state index in [4.69, 9.17) is 0 Å². The first kappa shape index (κ1) is 22.6. The molecule has 0 unspecified atom stereocenters. The quantitative estimate of drug-likeness (QED) is 0.335. The van der Waals surface area contributed by atoms with E-state index in [9.17, 15) is 8.78 Å². The van der Waals surface area contributed by atoms with Crippen molar-refractivity contribution in [1.29, 1.82) is 0 Å². The number of guanidine groups is 1. The molecule has 2 N–H and O–H groups in total. The maximum absolute atomic E-state index is 12.5. The standard InChI is InChI=1S/C18H23F2N3OS.HI/c1-18(2,15-9-6-10-25-15)12-23-17(21-3)22-11-13-7-4-5-8-14(13)24-16(19)20;/h4-10,16H,11-12H2,1-3H3,(H2,21,22,23);1H. The van der Waals surface area contributed by atoms with Gasteiger partial charge < -0.3 is 15.4 Å². The van der Waals surface area contributed by atoms with Gasteiger partial charge in [-0.3, -0.25) is 4.99 Å². The molecule has 1 heterocycles. The van der Waals surface area contributed by atoms with Crippen LogP contribution in [0.3, 0.4) is 0 Å². The maximum atomic E-state index is 12.5. The zero-order valence-corrected chi connectivity index (χ0v) is 18.1. The summed E-state index contributed by atoms with van der Waals surface area (Å²) in [5.74, 6) is 0.774. The van der Waals surface area contributed by atoms with E-state index >= 15 is 0 Å². The first-order chi connectivity index (χ1) is 11.9. The molecule has 0 saturated heterocycles. The molecule has 2 aromatic rings. The van der Waals surface area contributed by atoms with Gasteiger partial charge in [-0.15, -0.1) is 35.3 Å². The van der Waals surface area contributed by atoms with Crippen LogP contribution in [0.1, 0.15) is 24.3 Å². The van der Waals surface area contributed by atoms with E-state index in [1.165, 1.54) is 10.9 Å². The van der Waals surface area contributed by atoms with Crippen LogP contribution in [0.25, 0.3) is 0 Å². The zero-order chi connectivity index (χ0) is 18.3. The maximum Gasteiger partial charge on any atom is 0.387 e. The summed E-state index contributed by atoms with van der Waals surface area (Å²) in [5, 5.41) is 8.48. The Hall–Kier alpha value is -1.42. The van der Waals surface area contributed by atoms with Crippen LogP contribution in [-0.4, -0.2) is 26.2 Å². The lowest BCUT2D eigenvalue weighted by molar-refractivity contribution is -0.0504. The highest BCUT2D eigenvalue weighted by Crippen LogP contribution is 2.26. The van der Waals surface area contributed by atoms with Crippen LogP contribution in [0.4, 0.5) is 8.78 Å². The smallest absolute Gasteiger partial charge is 0.387 e.